The van der Waals surface area contributed by atoms with Crippen LogP contribution in [0.25, 0.3) is 0 Å². The van der Waals surface area contributed by atoms with Gasteiger partial charge in [0, 0.05) is 0 Å². The lowest BCUT2D eigenvalue weighted by molar-refractivity contribution is 0.656. The first-order chi connectivity index (χ1) is 6.79. The molecule has 0 radical (unpaired) electrons. The van der Waals surface area contributed by atoms with Gasteiger partial charge in [-0.15, -0.1) is 0 Å². The second-order valence-electron chi connectivity index (χ2n) is 4.14. The van der Waals surface area contributed by atoms with Crippen molar-refractivity contribution in [2.45, 2.75) is 59.8 Å². The summed E-state index contributed by atoms with van der Waals surface area (Å²) < 4.78 is 0. The summed E-state index contributed by atoms with van der Waals surface area (Å²) in [5.74, 6) is 0.725. The Kier molecular flexibility index (Phi) is 7.11. The topological polar surface area (TPSA) is 0 Å². The Morgan fingerprint density at radius 3 is 2.33 bits per heavy atom. The molecule has 0 aliphatic rings. The summed E-state index contributed by atoms with van der Waals surface area (Å²) in [7, 11) is 0. The Labute approximate surface area is 95.7 Å². The Morgan fingerprint density at radius 1 is 1.07 bits per heavy atom. The molecule has 15 heavy (non-hydrogen) atoms. The highest BCUT2D eigenvalue weighted by Gasteiger charge is 2.07. The summed E-state index contributed by atoms with van der Waals surface area (Å²) in [5, 5.41) is 0. The van der Waals surface area contributed by atoms with Gasteiger partial charge in [0.1, 0.15) is 0 Å². The van der Waals surface area contributed by atoms with E-state index in [2.05, 4.69) is 45.0 Å². The molecule has 0 saturated heterocycles. The lowest BCUT2D eigenvalue weighted by Gasteiger charge is -2.15. The molecule has 0 aliphatic carbocycles. The van der Waals surface area contributed by atoms with Crippen LogP contribution in [0.4, 0.5) is 0 Å². The van der Waals surface area contributed by atoms with Gasteiger partial charge in [0.2, 0.25) is 0 Å². The van der Waals surface area contributed by atoms with E-state index < -0.39 is 0 Å². The van der Waals surface area contributed by atoms with E-state index in [-0.39, 0.29) is 7.43 Å². The van der Waals surface area contributed by atoms with Gasteiger partial charge in [0.25, 0.3) is 0 Å². The van der Waals surface area contributed by atoms with Gasteiger partial charge in [-0.05, 0) is 29.9 Å². The summed E-state index contributed by atoms with van der Waals surface area (Å²) >= 11 is 0. The van der Waals surface area contributed by atoms with Crippen LogP contribution in [0.5, 0.6) is 0 Å². The minimum atomic E-state index is 0. The number of hydrogen-bond acceptors (Lipinski definition) is 0. The summed E-state index contributed by atoms with van der Waals surface area (Å²) in [6.07, 6.45) is 5.06. The Bertz CT molecular complexity index is 262. The van der Waals surface area contributed by atoms with Crippen molar-refractivity contribution in [3.63, 3.8) is 0 Å². The average molecular weight is 206 g/mol. The first-order valence-corrected chi connectivity index (χ1v) is 5.87. The van der Waals surface area contributed by atoms with E-state index in [4.69, 9.17) is 0 Å². The maximum absolute atomic E-state index is 2.35. The maximum Gasteiger partial charge on any atom is -0.0188 e. The second-order valence-corrected chi connectivity index (χ2v) is 4.14. The zero-order valence-electron chi connectivity index (χ0n) is 9.72. The fourth-order valence-electron chi connectivity index (χ4n) is 2.10. The average Bonchev–Trinajstić information content (AvgIpc) is 2.19. The Morgan fingerprint density at radius 2 is 1.73 bits per heavy atom. The van der Waals surface area contributed by atoms with Crippen molar-refractivity contribution in [2.75, 3.05) is 0 Å². The van der Waals surface area contributed by atoms with Crippen LogP contribution in [0.1, 0.15) is 64.5 Å². The molecule has 0 saturated carbocycles. The van der Waals surface area contributed by atoms with Crippen molar-refractivity contribution < 1.29 is 0 Å². The van der Waals surface area contributed by atoms with Crippen molar-refractivity contribution in [1.82, 2.24) is 0 Å². The molecule has 0 bridgehead atoms. The molecule has 1 aromatic carbocycles. The molecule has 1 rings (SSSR count). The summed E-state index contributed by atoms with van der Waals surface area (Å²) in [6.45, 7) is 6.86. The summed E-state index contributed by atoms with van der Waals surface area (Å²) in [6, 6.07) is 8.91. The van der Waals surface area contributed by atoms with Gasteiger partial charge in [-0.1, -0.05) is 65.3 Å². The zero-order chi connectivity index (χ0) is 10.4. The molecular formula is C15H26. The molecule has 1 atom stereocenters. The molecule has 0 N–H and O–H groups in total. The molecule has 0 heterocycles. The predicted molar refractivity (Wildman–Crippen MR) is 70.5 cm³/mol. The number of hydrogen-bond donors (Lipinski definition) is 0. The zero-order valence-corrected chi connectivity index (χ0v) is 9.72. The minimum absolute atomic E-state index is 0. The van der Waals surface area contributed by atoms with Gasteiger partial charge in [-0.3, -0.25) is 0 Å². The molecule has 0 spiro atoms. The largest absolute Gasteiger partial charge is 0.0776 e. The SMILES string of the molecule is C.CCCc1ccccc1C(C)CCC. The predicted octanol–water partition coefficient (Wildman–Crippen LogP) is 5.18. The van der Waals surface area contributed by atoms with Gasteiger partial charge >= 0.3 is 0 Å². The van der Waals surface area contributed by atoms with Crippen LogP contribution in [0, 0.1) is 0 Å². The number of rotatable bonds is 5. The van der Waals surface area contributed by atoms with Crippen molar-refractivity contribution in [2.24, 2.45) is 0 Å². The first kappa shape index (κ1) is 14.2. The molecule has 0 amide bonds. The molecule has 86 valence electrons. The summed E-state index contributed by atoms with van der Waals surface area (Å²) in [4.78, 5) is 0. The third-order valence-electron chi connectivity index (χ3n) is 2.83. The van der Waals surface area contributed by atoms with Gasteiger partial charge < -0.3 is 0 Å². The summed E-state index contributed by atoms with van der Waals surface area (Å²) in [5.41, 5.74) is 3.12. The van der Waals surface area contributed by atoms with Crippen LogP contribution >= 0.6 is 0 Å². The number of aryl methyl sites for hydroxylation is 1. The van der Waals surface area contributed by atoms with E-state index in [1.165, 1.54) is 25.7 Å². The van der Waals surface area contributed by atoms with Crippen LogP contribution in [0.15, 0.2) is 24.3 Å². The monoisotopic (exact) mass is 206 g/mol. The van der Waals surface area contributed by atoms with Crippen molar-refractivity contribution in [3.05, 3.63) is 35.4 Å². The molecular weight excluding hydrogens is 180 g/mol. The van der Waals surface area contributed by atoms with Crippen molar-refractivity contribution in [1.29, 1.82) is 0 Å². The third-order valence-corrected chi connectivity index (χ3v) is 2.83. The molecule has 0 fully saturated rings. The highest BCUT2D eigenvalue weighted by Crippen LogP contribution is 2.24. The minimum Gasteiger partial charge on any atom is -0.0776 e. The number of benzene rings is 1. The van der Waals surface area contributed by atoms with E-state index in [0.717, 1.165) is 5.92 Å². The molecule has 0 heteroatoms. The lowest BCUT2D eigenvalue weighted by Crippen LogP contribution is -1.98. The van der Waals surface area contributed by atoms with Gasteiger partial charge in [-0.25, -0.2) is 0 Å². The van der Waals surface area contributed by atoms with Crippen LogP contribution in [-0.4, -0.2) is 0 Å². The van der Waals surface area contributed by atoms with Gasteiger partial charge in [-0.2, -0.15) is 0 Å². The fraction of sp³-hybridized carbons (Fsp3) is 0.600. The van der Waals surface area contributed by atoms with Crippen molar-refractivity contribution >= 4 is 0 Å². The Balaban J connectivity index is 0.00000196. The highest BCUT2D eigenvalue weighted by atomic mass is 14.1. The standard InChI is InChI=1S/C14H22.CH4/c1-4-8-12(3)14-11-7-6-10-13(14)9-5-2;/h6-7,10-12H,4-5,8-9H2,1-3H3;1H4. The third kappa shape index (κ3) is 4.07. The quantitative estimate of drug-likeness (QED) is 0.623. The maximum atomic E-state index is 2.35. The van der Waals surface area contributed by atoms with E-state index in [9.17, 15) is 0 Å². The van der Waals surface area contributed by atoms with Gasteiger partial charge in [0.15, 0.2) is 0 Å². The molecule has 1 aromatic rings. The molecule has 1 unspecified atom stereocenters. The smallest absolute Gasteiger partial charge is 0.0188 e. The fourth-order valence-corrected chi connectivity index (χ4v) is 2.10. The lowest BCUT2D eigenvalue weighted by atomic mass is 9.90. The first-order valence-electron chi connectivity index (χ1n) is 5.87. The van der Waals surface area contributed by atoms with Crippen LogP contribution < -0.4 is 0 Å². The van der Waals surface area contributed by atoms with Crippen LogP contribution in [0.2, 0.25) is 0 Å². The van der Waals surface area contributed by atoms with E-state index in [1.807, 2.05) is 0 Å². The van der Waals surface area contributed by atoms with E-state index in [1.54, 1.807) is 11.1 Å². The van der Waals surface area contributed by atoms with E-state index >= 15 is 0 Å². The normalized spacial score (nSPS) is 11.9. The van der Waals surface area contributed by atoms with Crippen LogP contribution in [-0.2, 0) is 6.42 Å². The Hall–Kier alpha value is -0.780. The van der Waals surface area contributed by atoms with Crippen LogP contribution in [0.3, 0.4) is 0 Å². The van der Waals surface area contributed by atoms with E-state index in [0.29, 0.717) is 0 Å². The van der Waals surface area contributed by atoms with Gasteiger partial charge in [0.05, 0.1) is 0 Å². The molecule has 0 aliphatic heterocycles. The molecule has 0 aromatic heterocycles. The highest BCUT2D eigenvalue weighted by molar-refractivity contribution is 5.30. The van der Waals surface area contributed by atoms with Crippen molar-refractivity contribution in [3.8, 4) is 0 Å². The second kappa shape index (κ2) is 7.50. The molecule has 0 nitrogen and oxygen atoms in total.